The van der Waals surface area contributed by atoms with Gasteiger partial charge in [0.2, 0.25) is 0 Å². The number of rotatable bonds is 1. The first kappa shape index (κ1) is 34.3. The van der Waals surface area contributed by atoms with Gasteiger partial charge in [-0.15, -0.1) is 0 Å². The monoisotopic (exact) mass is 686 g/mol. The summed E-state index contributed by atoms with van der Waals surface area (Å²) in [5, 5.41) is 13.9. The zero-order chi connectivity index (χ0) is 34.1. The Labute approximate surface area is 278 Å². The maximum absolute atomic E-state index is 16.1. The molecule has 7 rings (SSSR count). The molecule has 1 atom stereocenters. The highest BCUT2D eigenvalue weighted by atomic mass is 32.2. The van der Waals surface area contributed by atoms with E-state index in [1.165, 1.54) is 29.1 Å². The molecule has 1 aromatic carbocycles. The average molecular weight is 687 g/mol. The van der Waals surface area contributed by atoms with Gasteiger partial charge in [-0.25, -0.2) is 31.6 Å². The van der Waals surface area contributed by atoms with Gasteiger partial charge < -0.3 is 15.0 Å². The summed E-state index contributed by atoms with van der Waals surface area (Å²) in [4.78, 5) is 25.1. The first-order chi connectivity index (χ1) is 23.0. The van der Waals surface area contributed by atoms with Crippen molar-refractivity contribution in [2.24, 2.45) is 5.92 Å². The number of hydrogen-bond donors (Lipinski definition) is 1. The maximum atomic E-state index is 16.1. The molecule has 258 valence electrons. The van der Waals surface area contributed by atoms with Crippen molar-refractivity contribution in [3.05, 3.63) is 63.5 Å². The lowest BCUT2D eigenvalue weighted by atomic mass is 9.77. The van der Waals surface area contributed by atoms with Crippen LogP contribution in [0.15, 0.2) is 35.4 Å². The molecule has 1 N–H and O–H groups in total. The summed E-state index contributed by atoms with van der Waals surface area (Å²) in [5.41, 5.74) is -1.96. The average Bonchev–Trinajstić information content (AvgIpc) is 3.07. The number of aromatic nitrogens is 3. The number of anilines is 1. The summed E-state index contributed by atoms with van der Waals surface area (Å²) in [5.74, 6) is -5.54. The number of fused-ring (bicyclic) bond motifs is 10. The van der Waals surface area contributed by atoms with Crippen molar-refractivity contribution in [2.45, 2.75) is 75.8 Å². The van der Waals surface area contributed by atoms with E-state index in [9.17, 15) is 18.5 Å². The molecule has 2 aromatic heterocycles. The molecule has 0 unspecified atom stereocenters. The van der Waals surface area contributed by atoms with Gasteiger partial charge in [0.25, 0.3) is 11.5 Å². The van der Waals surface area contributed by atoms with Gasteiger partial charge >= 0.3 is 0 Å². The number of hydrogen-bond acceptors (Lipinski definition) is 9. The lowest BCUT2D eigenvalue weighted by Crippen LogP contribution is -2.41. The molecule has 0 saturated carbocycles. The van der Waals surface area contributed by atoms with Crippen LogP contribution in [0.3, 0.4) is 0 Å². The summed E-state index contributed by atoms with van der Waals surface area (Å²) in [6.45, 7) is 4.58. The second-order valence-corrected chi connectivity index (χ2v) is 15.6. The molecule has 8 bridgehead atoms. The van der Waals surface area contributed by atoms with Crippen LogP contribution >= 0.6 is 0 Å². The second kappa shape index (κ2) is 13.8. The molecule has 14 heteroatoms. The van der Waals surface area contributed by atoms with Gasteiger partial charge in [0.1, 0.15) is 33.4 Å². The van der Waals surface area contributed by atoms with Gasteiger partial charge in [0.15, 0.2) is 0 Å². The molecular formula is C34H41F3N6O4S. The van der Waals surface area contributed by atoms with Crippen molar-refractivity contribution in [3.63, 3.8) is 0 Å². The Hall–Kier alpha value is -3.54. The molecule has 0 amide bonds. The fourth-order valence-electron chi connectivity index (χ4n) is 7.31. The van der Waals surface area contributed by atoms with E-state index in [1.807, 2.05) is 0 Å². The van der Waals surface area contributed by atoms with Crippen LogP contribution in [-0.2, 0) is 32.5 Å². The van der Waals surface area contributed by atoms with Crippen LogP contribution in [0.4, 0.5) is 19.0 Å². The van der Waals surface area contributed by atoms with Crippen molar-refractivity contribution in [1.29, 1.82) is 5.26 Å². The van der Waals surface area contributed by atoms with E-state index in [1.54, 1.807) is 6.92 Å². The molecule has 3 aromatic rings. The van der Waals surface area contributed by atoms with E-state index < -0.39 is 50.1 Å². The van der Waals surface area contributed by atoms with E-state index in [-0.39, 0.29) is 66.3 Å². The summed E-state index contributed by atoms with van der Waals surface area (Å²) in [6, 6.07) is 7.03. The number of nitrogens with zero attached hydrogens (tertiary/aromatic N) is 5. The number of alkyl halides is 2. The molecule has 0 radical (unpaired) electrons. The van der Waals surface area contributed by atoms with Gasteiger partial charge in [-0.1, -0.05) is 18.2 Å². The largest absolute Gasteiger partial charge is 0.381 e. The Morgan fingerprint density at radius 3 is 2.48 bits per heavy atom. The van der Waals surface area contributed by atoms with E-state index in [2.05, 4.69) is 26.3 Å². The number of aryl methyl sites for hydroxylation is 1. The number of ether oxygens (including phenoxy) is 1. The third kappa shape index (κ3) is 6.69. The third-order valence-corrected chi connectivity index (χ3v) is 11.9. The van der Waals surface area contributed by atoms with Crippen LogP contribution in [0.2, 0.25) is 0 Å². The van der Waals surface area contributed by atoms with Crippen LogP contribution in [0.25, 0.3) is 11.0 Å². The maximum Gasteiger partial charge on any atom is 0.278 e. The van der Waals surface area contributed by atoms with Crippen molar-refractivity contribution >= 4 is 26.7 Å². The van der Waals surface area contributed by atoms with Crippen LogP contribution in [0, 0.1) is 23.1 Å². The lowest BCUT2D eigenvalue weighted by molar-refractivity contribution is -0.0880. The highest BCUT2D eigenvalue weighted by Gasteiger charge is 2.45. The van der Waals surface area contributed by atoms with Crippen LogP contribution in [-0.4, -0.2) is 72.2 Å². The highest BCUT2D eigenvalue weighted by Crippen LogP contribution is 2.44. The summed E-state index contributed by atoms with van der Waals surface area (Å²) >= 11 is 0. The predicted molar refractivity (Wildman–Crippen MR) is 175 cm³/mol. The fourth-order valence-corrected chi connectivity index (χ4v) is 8.83. The van der Waals surface area contributed by atoms with E-state index in [4.69, 9.17) is 4.74 Å². The molecule has 48 heavy (non-hydrogen) atoms. The van der Waals surface area contributed by atoms with Gasteiger partial charge in [-0.05, 0) is 77.6 Å². The number of nitriles is 1. The standard InChI is InChI=1S/C34H41F3N6O4S/c1-23-25-6-4-7-27(29(25)35)34(36,37)24-8-14-42(15-9-24)12-2-3-16-47-17-5-13-43-31-26(30(41-23)39-22-40-31)20-28(32(43)44)33(21-38)10-18-48(45,46)19-11-33/h4,6-7,20,22-24H,2-3,5,8-19H2,1H3,(H,39,40,41)/t23-/m1/s1. The summed E-state index contributed by atoms with van der Waals surface area (Å²) in [6.07, 6.45) is 3.86. The van der Waals surface area contributed by atoms with Crippen LogP contribution < -0.4 is 10.9 Å². The zero-order valence-electron chi connectivity index (χ0n) is 27.1. The molecule has 4 aliphatic heterocycles. The first-order valence-corrected chi connectivity index (χ1v) is 18.5. The smallest absolute Gasteiger partial charge is 0.278 e. The summed E-state index contributed by atoms with van der Waals surface area (Å²) in [7, 11) is -3.35. The fraction of sp³-hybridized carbons (Fsp3) is 0.588. The highest BCUT2D eigenvalue weighted by molar-refractivity contribution is 7.91. The van der Waals surface area contributed by atoms with Crippen molar-refractivity contribution in [3.8, 4) is 6.07 Å². The van der Waals surface area contributed by atoms with Gasteiger partial charge in [-0.3, -0.25) is 9.36 Å². The quantitative estimate of drug-likeness (QED) is 0.373. The molecule has 0 spiro atoms. The minimum atomic E-state index is -3.36. The van der Waals surface area contributed by atoms with Gasteiger partial charge in [0, 0.05) is 36.8 Å². The van der Waals surface area contributed by atoms with E-state index in [0.29, 0.717) is 38.1 Å². The molecule has 0 aliphatic carbocycles. The Morgan fingerprint density at radius 2 is 1.75 bits per heavy atom. The first-order valence-electron chi connectivity index (χ1n) is 16.7. The number of piperidine rings is 1. The number of benzene rings is 1. The Morgan fingerprint density at radius 1 is 1.02 bits per heavy atom. The molecular weight excluding hydrogens is 645 g/mol. The molecule has 2 saturated heterocycles. The van der Waals surface area contributed by atoms with Crippen molar-refractivity contribution in [2.75, 3.05) is 49.7 Å². The number of halogens is 3. The molecule has 10 nitrogen and oxygen atoms in total. The molecule has 6 heterocycles. The van der Waals surface area contributed by atoms with E-state index >= 15 is 13.2 Å². The number of nitrogens with one attached hydrogen (secondary N) is 1. The third-order valence-electron chi connectivity index (χ3n) is 10.3. The predicted octanol–water partition coefficient (Wildman–Crippen LogP) is 5.08. The second-order valence-electron chi connectivity index (χ2n) is 13.3. The lowest BCUT2D eigenvalue weighted by Gasteiger charge is -2.36. The van der Waals surface area contributed by atoms with Gasteiger partial charge in [-0.2, -0.15) is 5.26 Å². The van der Waals surface area contributed by atoms with Crippen molar-refractivity contribution < 1.29 is 26.3 Å². The SMILES string of the molecule is C[C@H]1Nc2ncnc3c2cc(C2(C#N)CCS(=O)(=O)CC2)c(=O)n3CCCOCCCCN2CCC(CC2)C(F)(F)c2cccc1c2F. The minimum absolute atomic E-state index is 0.0345. The van der Waals surface area contributed by atoms with Crippen LogP contribution in [0.5, 0.6) is 0 Å². The Bertz CT molecular complexity index is 1860. The van der Waals surface area contributed by atoms with Crippen LogP contribution in [0.1, 0.15) is 74.6 Å². The number of sulfone groups is 1. The topological polar surface area (TPSA) is 130 Å². The summed E-state index contributed by atoms with van der Waals surface area (Å²) < 4.78 is 79.8. The molecule has 2 fully saturated rings. The zero-order valence-corrected chi connectivity index (χ0v) is 27.9. The van der Waals surface area contributed by atoms with Gasteiger partial charge in [0.05, 0.1) is 40.0 Å². The number of pyridine rings is 1. The minimum Gasteiger partial charge on any atom is -0.381 e. The Kier molecular flexibility index (Phi) is 9.84. The molecule has 4 aliphatic rings. The Balaban J connectivity index is 1.44. The van der Waals surface area contributed by atoms with E-state index in [0.717, 1.165) is 25.5 Å². The normalized spacial score (nSPS) is 26.1. The van der Waals surface area contributed by atoms with Crippen molar-refractivity contribution in [1.82, 2.24) is 19.4 Å².